The fraction of sp³-hybridized carbons (Fsp3) is 0.455. The SMILES string of the molecule is CCNCCC1c2c(CCCOc3ccccc3Cl)cccc2NC1C. The summed E-state index contributed by atoms with van der Waals surface area (Å²) in [6.45, 7) is 7.23. The summed E-state index contributed by atoms with van der Waals surface area (Å²) in [6, 6.07) is 14.8. The summed E-state index contributed by atoms with van der Waals surface area (Å²) in [4.78, 5) is 0. The number of nitrogens with one attached hydrogen (secondary N) is 2. The molecule has 0 saturated heterocycles. The van der Waals surface area contributed by atoms with Crippen LogP contribution in [0.2, 0.25) is 5.02 Å². The zero-order chi connectivity index (χ0) is 18.4. The number of aryl methyl sites for hydroxylation is 1. The molecular weight excluding hydrogens is 344 g/mol. The molecule has 1 aliphatic rings. The van der Waals surface area contributed by atoms with E-state index in [-0.39, 0.29) is 0 Å². The van der Waals surface area contributed by atoms with Crippen LogP contribution in [0.4, 0.5) is 5.69 Å². The Hall–Kier alpha value is -1.71. The Kier molecular flexibility index (Phi) is 6.81. The van der Waals surface area contributed by atoms with Crippen molar-refractivity contribution in [2.24, 2.45) is 0 Å². The fourth-order valence-electron chi connectivity index (χ4n) is 3.83. The number of fused-ring (bicyclic) bond motifs is 1. The Morgan fingerprint density at radius 3 is 2.81 bits per heavy atom. The highest BCUT2D eigenvalue weighted by Gasteiger charge is 2.30. The summed E-state index contributed by atoms with van der Waals surface area (Å²) in [6.07, 6.45) is 3.18. The van der Waals surface area contributed by atoms with Crippen molar-refractivity contribution in [2.45, 2.75) is 45.1 Å². The molecule has 3 nitrogen and oxygen atoms in total. The van der Waals surface area contributed by atoms with Crippen LogP contribution in [-0.2, 0) is 6.42 Å². The van der Waals surface area contributed by atoms with Crippen molar-refractivity contribution in [3.8, 4) is 5.75 Å². The van der Waals surface area contributed by atoms with Gasteiger partial charge in [0.05, 0.1) is 11.6 Å². The van der Waals surface area contributed by atoms with Crippen molar-refractivity contribution < 1.29 is 4.74 Å². The maximum atomic E-state index is 6.15. The molecule has 2 aromatic carbocycles. The summed E-state index contributed by atoms with van der Waals surface area (Å²) >= 11 is 6.15. The maximum Gasteiger partial charge on any atom is 0.137 e. The Morgan fingerprint density at radius 1 is 1.15 bits per heavy atom. The third kappa shape index (κ3) is 4.52. The van der Waals surface area contributed by atoms with Crippen LogP contribution < -0.4 is 15.4 Å². The van der Waals surface area contributed by atoms with Crippen LogP contribution >= 0.6 is 11.6 Å². The van der Waals surface area contributed by atoms with Gasteiger partial charge in [0, 0.05) is 17.6 Å². The molecule has 4 heteroatoms. The molecule has 2 unspecified atom stereocenters. The number of anilines is 1. The third-order valence-electron chi connectivity index (χ3n) is 5.12. The molecule has 2 N–H and O–H groups in total. The minimum Gasteiger partial charge on any atom is -0.492 e. The number of halogens is 1. The summed E-state index contributed by atoms with van der Waals surface area (Å²) in [7, 11) is 0. The molecule has 2 aromatic rings. The lowest BCUT2D eigenvalue weighted by atomic mass is 9.88. The quantitative estimate of drug-likeness (QED) is 0.590. The van der Waals surface area contributed by atoms with Crippen LogP contribution in [0, 0.1) is 0 Å². The van der Waals surface area contributed by atoms with Crippen molar-refractivity contribution in [1.82, 2.24) is 5.32 Å². The molecule has 0 aliphatic carbocycles. The monoisotopic (exact) mass is 372 g/mol. The predicted octanol–water partition coefficient (Wildman–Crippen LogP) is 5.25. The second-order valence-electron chi connectivity index (χ2n) is 6.94. The van der Waals surface area contributed by atoms with Gasteiger partial charge in [-0.1, -0.05) is 42.8 Å². The van der Waals surface area contributed by atoms with Gasteiger partial charge in [0.15, 0.2) is 0 Å². The first-order chi connectivity index (χ1) is 12.7. The Bertz CT molecular complexity index is 719. The molecule has 0 saturated carbocycles. The van der Waals surface area contributed by atoms with Crippen LogP contribution in [0.3, 0.4) is 0 Å². The predicted molar refractivity (Wildman–Crippen MR) is 111 cm³/mol. The lowest BCUT2D eigenvalue weighted by Crippen LogP contribution is -2.22. The van der Waals surface area contributed by atoms with Crippen LogP contribution in [0.15, 0.2) is 42.5 Å². The van der Waals surface area contributed by atoms with E-state index in [0.29, 0.717) is 23.6 Å². The maximum absolute atomic E-state index is 6.15. The second-order valence-corrected chi connectivity index (χ2v) is 7.35. The number of benzene rings is 2. The zero-order valence-electron chi connectivity index (χ0n) is 15.7. The first kappa shape index (κ1) is 19.1. The summed E-state index contributed by atoms with van der Waals surface area (Å²) in [5, 5.41) is 7.80. The van der Waals surface area contributed by atoms with E-state index in [9.17, 15) is 0 Å². The standard InChI is InChI=1S/C22H29ClN2O/c1-3-24-14-13-18-16(2)25-20-11-6-8-17(22(18)20)9-7-15-26-21-12-5-4-10-19(21)23/h4-6,8,10-12,16,18,24-25H,3,7,9,13-15H2,1-2H3. The summed E-state index contributed by atoms with van der Waals surface area (Å²) in [5.74, 6) is 1.34. The van der Waals surface area contributed by atoms with Crippen LogP contribution in [0.25, 0.3) is 0 Å². The molecule has 0 spiro atoms. The molecule has 0 radical (unpaired) electrons. The Morgan fingerprint density at radius 2 is 2.00 bits per heavy atom. The topological polar surface area (TPSA) is 33.3 Å². The normalized spacial score (nSPS) is 18.4. The van der Waals surface area contributed by atoms with E-state index in [0.717, 1.165) is 31.7 Å². The molecule has 0 fully saturated rings. The van der Waals surface area contributed by atoms with E-state index in [4.69, 9.17) is 16.3 Å². The van der Waals surface area contributed by atoms with Gasteiger partial charge in [-0.25, -0.2) is 0 Å². The highest BCUT2D eigenvalue weighted by atomic mass is 35.5. The molecule has 1 aliphatic heterocycles. The first-order valence-electron chi connectivity index (χ1n) is 9.67. The van der Waals surface area contributed by atoms with Crippen LogP contribution in [-0.4, -0.2) is 25.7 Å². The van der Waals surface area contributed by atoms with Gasteiger partial charge in [0.25, 0.3) is 0 Å². The van der Waals surface area contributed by atoms with Gasteiger partial charge in [0.1, 0.15) is 5.75 Å². The second kappa shape index (κ2) is 9.29. The van der Waals surface area contributed by atoms with Gasteiger partial charge >= 0.3 is 0 Å². The minimum absolute atomic E-state index is 0.490. The van der Waals surface area contributed by atoms with E-state index in [1.165, 1.54) is 23.2 Å². The van der Waals surface area contributed by atoms with E-state index < -0.39 is 0 Å². The van der Waals surface area contributed by atoms with E-state index in [1.54, 1.807) is 0 Å². The Labute approximate surface area is 162 Å². The molecular formula is C22H29ClN2O. The van der Waals surface area contributed by atoms with Crippen molar-refractivity contribution in [3.05, 3.63) is 58.6 Å². The largest absolute Gasteiger partial charge is 0.492 e. The first-order valence-corrected chi connectivity index (χ1v) is 10.0. The highest BCUT2D eigenvalue weighted by molar-refractivity contribution is 6.32. The highest BCUT2D eigenvalue weighted by Crippen LogP contribution is 2.40. The van der Waals surface area contributed by atoms with Gasteiger partial charge < -0.3 is 15.4 Å². The van der Waals surface area contributed by atoms with Crippen LogP contribution in [0.5, 0.6) is 5.75 Å². The summed E-state index contributed by atoms with van der Waals surface area (Å²) < 4.78 is 5.85. The molecule has 1 heterocycles. The molecule has 140 valence electrons. The minimum atomic E-state index is 0.490. The number of para-hydroxylation sites is 1. The van der Waals surface area contributed by atoms with E-state index >= 15 is 0 Å². The van der Waals surface area contributed by atoms with Crippen molar-refractivity contribution in [3.63, 3.8) is 0 Å². The van der Waals surface area contributed by atoms with E-state index in [2.05, 4.69) is 42.7 Å². The molecule has 0 aromatic heterocycles. The molecule has 0 amide bonds. The van der Waals surface area contributed by atoms with Gasteiger partial charge in [-0.2, -0.15) is 0 Å². The van der Waals surface area contributed by atoms with Gasteiger partial charge in [-0.05, 0) is 68.6 Å². The lowest BCUT2D eigenvalue weighted by molar-refractivity contribution is 0.311. The smallest absolute Gasteiger partial charge is 0.137 e. The van der Waals surface area contributed by atoms with Crippen molar-refractivity contribution >= 4 is 17.3 Å². The molecule has 0 bridgehead atoms. The molecule has 26 heavy (non-hydrogen) atoms. The number of ether oxygens (including phenoxy) is 1. The average molecular weight is 373 g/mol. The van der Waals surface area contributed by atoms with Crippen molar-refractivity contribution in [2.75, 3.05) is 25.0 Å². The zero-order valence-corrected chi connectivity index (χ0v) is 16.5. The van der Waals surface area contributed by atoms with Gasteiger partial charge in [0.2, 0.25) is 0 Å². The molecule has 3 rings (SSSR count). The van der Waals surface area contributed by atoms with Crippen LogP contribution in [0.1, 0.15) is 43.7 Å². The Balaban J connectivity index is 1.60. The average Bonchev–Trinajstić information content (AvgIpc) is 2.96. The number of hydrogen-bond donors (Lipinski definition) is 2. The van der Waals surface area contributed by atoms with Crippen molar-refractivity contribution in [1.29, 1.82) is 0 Å². The van der Waals surface area contributed by atoms with E-state index in [1.807, 2.05) is 24.3 Å². The fourth-order valence-corrected chi connectivity index (χ4v) is 4.02. The third-order valence-corrected chi connectivity index (χ3v) is 5.43. The van der Waals surface area contributed by atoms with Gasteiger partial charge in [-0.15, -0.1) is 0 Å². The van der Waals surface area contributed by atoms with Gasteiger partial charge in [-0.3, -0.25) is 0 Å². The molecule has 2 atom stereocenters. The lowest BCUT2D eigenvalue weighted by Gasteiger charge is -2.18. The number of hydrogen-bond acceptors (Lipinski definition) is 3. The summed E-state index contributed by atoms with van der Waals surface area (Å²) in [5.41, 5.74) is 4.27. The number of rotatable bonds is 9.